The van der Waals surface area contributed by atoms with Crippen LogP contribution in [0.3, 0.4) is 0 Å². The average molecular weight is 256 g/mol. The fourth-order valence-electron chi connectivity index (χ4n) is 2.90. The Morgan fingerprint density at radius 3 is 2.22 bits per heavy atom. The number of likely N-dealkylation sites (N-methyl/N-ethyl adjacent to an activating group) is 1. The van der Waals surface area contributed by atoms with Crippen LogP contribution in [0.15, 0.2) is 0 Å². The Hall–Kier alpha value is -0.610. The zero-order valence-corrected chi connectivity index (χ0v) is 12.0. The van der Waals surface area contributed by atoms with Gasteiger partial charge in [0.25, 0.3) is 0 Å². The molecule has 1 aliphatic heterocycles. The summed E-state index contributed by atoms with van der Waals surface area (Å²) in [6.45, 7) is 9.92. The molecule has 0 aromatic carbocycles. The molecule has 0 radical (unpaired) electrons. The third-order valence-corrected chi connectivity index (χ3v) is 4.61. The number of nitrogens with zero attached hydrogens (tertiary/aromatic N) is 1. The third kappa shape index (κ3) is 3.95. The Morgan fingerprint density at radius 2 is 1.83 bits per heavy atom. The van der Waals surface area contributed by atoms with Crippen LogP contribution in [0, 0.1) is 5.41 Å². The summed E-state index contributed by atoms with van der Waals surface area (Å²) in [4.78, 5) is 13.4. The SMILES string of the molecule is CCNC(CN1CCC(CC)(CC)CC1)C(=O)O. The minimum absolute atomic E-state index is 0.425. The van der Waals surface area contributed by atoms with Crippen molar-refractivity contribution in [2.45, 2.75) is 52.5 Å². The molecule has 0 amide bonds. The molecule has 1 atom stereocenters. The van der Waals surface area contributed by atoms with E-state index in [1.165, 1.54) is 25.7 Å². The Kier molecular flexibility index (Phi) is 6.09. The van der Waals surface area contributed by atoms with Crippen LogP contribution < -0.4 is 5.32 Å². The average Bonchev–Trinajstić information content (AvgIpc) is 2.39. The maximum atomic E-state index is 11.1. The fourth-order valence-corrected chi connectivity index (χ4v) is 2.90. The van der Waals surface area contributed by atoms with Gasteiger partial charge in [-0.2, -0.15) is 0 Å². The third-order valence-electron chi connectivity index (χ3n) is 4.61. The molecule has 1 unspecified atom stereocenters. The first-order valence-electron chi connectivity index (χ1n) is 7.25. The highest BCUT2D eigenvalue weighted by atomic mass is 16.4. The minimum atomic E-state index is -0.736. The van der Waals surface area contributed by atoms with E-state index >= 15 is 0 Å². The summed E-state index contributed by atoms with van der Waals surface area (Å²) in [5.41, 5.74) is 0.507. The molecular formula is C14H28N2O2. The van der Waals surface area contributed by atoms with Crippen molar-refractivity contribution < 1.29 is 9.90 Å². The normalized spacial score (nSPS) is 21.7. The van der Waals surface area contributed by atoms with Crippen LogP contribution in [0.5, 0.6) is 0 Å². The summed E-state index contributed by atoms with van der Waals surface area (Å²) in [6, 6.07) is -0.425. The van der Waals surface area contributed by atoms with Gasteiger partial charge in [0.2, 0.25) is 0 Å². The molecule has 106 valence electrons. The van der Waals surface area contributed by atoms with Crippen LogP contribution in [0.1, 0.15) is 46.5 Å². The number of aliphatic carboxylic acids is 1. The van der Waals surface area contributed by atoms with Crippen molar-refractivity contribution in [3.8, 4) is 0 Å². The number of piperidine rings is 1. The van der Waals surface area contributed by atoms with Gasteiger partial charge in [-0.25, -0.2) is 0 Å². The Morgan fingerprint density at radius 1 is 1.28 bits per heavy atom. The first-order valence-corrected chi connectivity index (χ1v) is 7.25. The van der Waals surface area contributed by atoms with Crippen LogP contribution in [0.2, 0.25) is 0 Å². The van der Waals surface area contributed by atoms with Gasteiger partial charge in [0.15, 0.2) is 0 Å². The van der Waals surface area contributed by atoms with E-state index in [0.717, 1.165) is 13.1 Å². The highest BCUT2D eigenvalue weighted by molar-refractivity contribution is 5.73. The van der Waals surface area contributed by atoms with Crippen molar-refractivity contribution in [1.82, 2.24) is 10.2 Å². The van der Waals surface area contributed by atoms with Gasteiger partial charge in [-0.05, 0) is 37.9 Å². The van der Waals surface area contributed by atoms with Crippen molar-refractivity contribution >= 4 is 5.97 Å². The second-order valence-electron chi connectivity index (χ2n) is 5.46. The molecular weight excluding hydrogens is 228 g/mol. The van der Waals surface area contributed by atoms with Gasteiger partial charge >= 0.3 is 5.97 Å². The van der Waals surface area contributed by atoms with E-state index in [2.05, 4.69) is 24.1 Å². The molecule has 1 aliphatic rings. The van der Waals surface area contributed by atoms with Crippen LogP contribution in [-0.2, 0) is 4.79 Å². The lowest BCUT2D eigenvalue weighted by Crippen LogP contribution is -2.49. The maximum absolute atomic E-state index is 11.1. The summed E-state index contributed by atoms with van der Waals surface area (Å²) in [5, 5.41) is 12.2. The summed E-state index contributed by atoms with van der Waals surface area (Å²) in [7, 11) is 0. The number of rotatable bonds is 7. The van der Waals surface area contributed by atoms with Gasteiger partial charge in [0.1, 0.15) is 6.04 Å². The molecule has 1 saturated heterocycles. The molecule has 0 bridgehead atoms. The Labute approximate surface area is 111 Å². The van der Waals surface area contributed by atoms with Gasteiger partial charge in [0, 0.05) is 6.54 Å². The Balaban J connectivity index is 2.45. The number of likely N-dealkylation sites (tertiary alicyclic amines) is 1. The second kappa shape index (κ2) is 7.10. The number of carboxylic acids is 1. The monoisotopic (exact) mass is 256 g/mol. The van der Waals surface area contributed by atoms with Crippen molar-refractivity contribution in [3.63, 3.8) is 0 Å². The summed E-state index contributed by atoms with van der Waals surface area (Å²) >= 11 is 0. The lowest BCUT2D eigenvalue weighted by molar-refractivity contribution is -0.140. The smallest absolute Gasteiger partial charge is 0.322 e. The minimum Gasteiger partial charge on any atom is -0.480 e. The highest BCUT2D eigenvalue weighted by Gasteiger charge is 2.32. The summed E-state index contributed by atoms with van der Waals surface area (Å²) < 4.78 is 0. The molecule has 0 saturated carbocycles. The van der Waals surface area contributed by atoms with Crippen molar-refractivity contribution in [1.29, 1.82) is 0 Å². The number of carboxylic acid groups (broad SMARTS) is 1. The quantitative estimate of drug-likeness (QED) is 0.731. The predicted molar refractivity (Wildman–Crippen MR) is 73.8 cm³/mol. The molecule has 0 aromatic rings. The number of hydrogen-bond donors (Lipinski definition) is 2. The first-order chi connectivity index (χ1) is 8.56. The molecule has 0 aromatic heterocycles. The fraction of sp³-hybridized carbons (Fsp3) is 0.929. The first kappa shape index (κ1) is 15.4. The van der Waals surface area contributed by atoms with Gasteiger partial charge in [-0.15, -0.1) is 0 Å². The molecule has 18 heavy (non-hydrogen) atoms. The van der Waals surface area contributed by atoms with Crippen molar-refractivity contribution in [2.75, 3.05) is 26.2 Å². The van der Waals surface area contributed by atoms with Gasteiger partial charge in [-0.1, -0.05) is 33.6 Å². The Bertz CT molecular complexity index is 255. The lowest BCUT2D eigenvalue weighted by atomic mass is 9.74. The molecule has 4 heteroatoms. The largest absolute Gasteiger partial charge is 0.480 e. The van der Waals surface area contributed by atoms with E-state index in [4.69, 9.17) is 5.11 Å². The molecule has 0 spiro atoms. The molecule has 2 N–H and O–H groups in total. The van der Waals surface area contributed by atoms with Crippen LogP contribution >= 0.6 is 0 Å². The molecule has 1 fully saturated rings. The van der Waals surface area contributed by atoms with Crippen LogP contribution in [0.25, 0.3) is 0 Å². The van der Waals surface area contributed by atoms with Crippen LogP contribution in [-0.4, -0.2) is 48.2 Å². The zero-order valence-electron chi connectivity index (χ0n) is 12.0. The molecule has 1 rings (SSSR count). The second-order valence-corrected chi connectivity index (χ2v) is 5.46. The van der Waals surface area contributed by atoms with Crippen molar-refractivity contribution in [2.24, 2.45) is 5.41 Å². The van der Waals surface area contributed by atoms with E-state index in [9.17, 15) is 4.79 Å². The standard InChI is InChI=1S/C14H28N2O2/c1-4-14(5-2)7-9-16(10-8-14)11-12(13(17)18)15-6-3/h12,15H,4-11H2,1-3H3,(H,17,18). The van der Waals surface area contributed by atoms with E-state index in [1.54, 1.807) is 0 Å². The number of hydrogen-bond acceptors (Lipinski definition) is 3. The predicted octanol–water partition coefficient (Wildman–Crippen LogP) is 1.95. The molecule has 4 nitrogen and oxygen atoms in total. The number of nitrogens with one attached hydrogen (secondary N) is 1. The lowest BCUT2D eigenvalue weighted by Gasteiger charge is -2.41. The van der Waals surface area contributed by atoms with Gasteiger partial charge in [0.05, 0.1) is 0 Å². The summed E-state index contributed by atoms with van der Waals surface area (Å²) in [6.07, 6.45) is 4.90. The maximum Gasteiger partial charge on any atom is 0.322 e. The van der Waals surface area contributed by atoms with Gasteiger partial charge in [-0.3, -0.25) is 4.79 Å². The van der Waals surface area contributed by atoms with E-state index in [-0.39, 0.29) is 0 Å². The van der Waals surface area contributed by atoms with Gasteiger partial charge < -0.3 is 15.3 Å². The van der Waals surface area contributed by atoms with Crippen LogP contribution in [0.4, 0.5) is 0 Å². The highest BCUT2D eigenvalue weighted by Crippen LogP contribution is 2.37. The van der Waals surface area contributed by atoms with E-state index in [0.29, 0.717) is 18.5 Å². The molecule has 1 heterocycles. The summed E-state index contributed by atoms with van der Waals surface area (Å²) in [5.74, 6) is -0.736. The van der Waals surface area contributed by atoms with Crippen molar-refractivity contribution in [3.05, 3.63) is 0 Å². The molecule has 0 aliphatic carbocycles. The van der Waals surface area contributed by atoms with E-state index in [1.807, 2.05) is 6.92 Å². The number of carbonyl (C=O) groups is 1. The zero-order chi connectivity index (χ0) is 13.6. The van der Waals surface area contributed by atoms with E-state index < -0.39 is 12.0 Å². The topological polar surface area (TPSA) is 52.6 Å².